The molecule has 0 fully saturated rings. The van der Waals surface area contributed by atoms with Gasteiger partial charge < -0.3 is 11.1 Å². The summed E-state index contributed by atoms with van der Waals surface area (Å²) in [6, 6.07) is 8.61. The van der Waals surface area contributed by atoms with Crippen molar-refractivity contribution in [1.29, 1.82) is 0 Å². The van der Waals surface area contributed by atoms with Crippen LogP contribution in [0.3, 0.4) is 0 Å². The number of benzene rings is 2. The Hall–Kier alpha value is -5.41. The lowest BCUT2D eigenvalue weighted by molar-refractivity contribution is -0.131. The molecule has 21 heteroatoms. The fourth-order valence-electron chi connectivity index (χ4n) is 4.35. The number of carbonyl (C=O) groups excluding carboxylic acids is 3. The number of aromatic nitrogens is 2. The number of sulfonamides is 2. The highest BCUT2D eigenvalue weighted by Crippen LogP contribution is 2.24. The van der Waals surface area contributed by atoms with Gasteiger partial charge >= 0.3 is 6.43 Å². The van der Waals surface area contributed by atoms with Crippen molar-refractivity contribution >= 4 is 48.9 Å². The number of nitrogens with one attached hydrogen (secondary N) is 1. The Kier molecular flexibility index (Phi) is 14.2. The number of halogens is 6. The highest BCUT2D eigenvalue weighted by Gasteiger charge is 2.23. The molecule has 284 valence electrons. The number of alkyl halides is 2. The Labute approximate surface area is 299 Å². The molecule has 13 nitrogen and oxygen atoms in total. The van der Waals surface area contributed by atoms with Gasteiger partial charge in [-0.1, -0.05) is 24.3 Å². The van der Waals surface area contributed by atoms with Crippen LogP contribution >= 0.6 is 0 Å². The molecule has 0 saturated carbocycles. The summed E-state index contributed by atoms with van der Waals surface area (Å²) in [6.45, 7) is -1.89. The third-order valence-corrected chi connectivity index (χ3v) is 9.22. The molecule has 3 N–H and O–H groups in total. The van der Waals surface area contributed by atoms with Crippen LogP contribution < -0.4 is 19.7 Å². The Bertz CT molecular complexity index is 2210. The topological polar surface area (TPSA) is 190 Å². The van der Waals surface area contributed by atoms with Crippen molar-refractivity contribution in [2.75, 3.05) is 34.2 Å². The molecule has 0 atom stereocenters. The van der Waals surface area contributed by atoms with Gasteiger partial charge in [-0.2, -0.15) is 8.78 Å². The van der Waals surface area contributed by atoms with E-state index in [-0.39, 0.29) is 46.7 Å². The fraction of sp³-hybridized carbons (Fsp3) is 0.219. The zero-order chi connectivity index (χ0) is 39.7. The number of ketones is 2. The van der Waals surface area contributed by atoms with Crippen LogP contribution in [0.15, 0.2) is 73.3 Å². The van der Waals surface area contributed by atoms with E-state index in [1.54, 1.807) is 5.32 Å². The second-order valence-corrected chi connectivity index (χ2v) is 14.8. The average molecular weight is 789 g/mol. The van der Waals surface area contributed by atoms with Crippen LogP contribution in [0.4, 0.5) is 37.7 Å². The van der Waals surface area contributed by atoms with Gasteiger partial charge in [-0.25, -0.2) is 34.4 Å². The number of nitrogens with zero attached hydrogens (tertiary/aromatic N) is 4. The van der Waals surface area contributed by atoms with Gasteiger partial charge in [0, 0.05) is 34.4 Å². The zero-order valence-corrected chi connectivity index (χ0v) is 29.3. The first kappa shape index (κ1) is 42.0. The fourth-order valence-corrected chi connectivity index (χ4v) is 6.06. The first-order valence-electron chi connectivity index (χ1n) is 14.8. The summed E-state index contributed by atoms with van der Waals surface area (Å²) >= 11 is 0. The van der Waals surface area contributed by atoms with Crippen molar-refractivity contribution in [3.05, 3.63) is 119 Å². The molecule has 4 rings (SSSR count). The maximum absolute atomic E-state index is 14.4. The average Bonchev–Trinajstić information content (AvgIpc) is 3.08. The number of hydrogen-bond acceptors (Lipinski definition) is 10. The normalized spacial score (nSPS) is 11.4. The molecule has 0 saturated heterocycles. The van der Waals surface area contributed by atoms with E-state index >= 15 is 0 Å². The Balaban J connectivity index is 0.000000290. The van der Waals surface area contributed by atoms with Crippen molar-refractivity contribution < 1.29 is 57.6 Å². The number of nitrogens with two attached hydrogens (primary N) is 1. The monoisotopic (exact) mass is 788 g/mol. The molecule has 1 amide bonds. The van der Waals surface area contributed by atoms with E-state index in [2.05, 4.69) is 9.97 Å². The van der Waals surface area contributed by atoms with Crippen LogP contribution in [0, 0.1) is 23.3 Å². The third-order valence-electron chi connectivity index (χ3n) is 6.94. The van der Waals surface area contributed by atoms with E-state index in [9.17, 15) is 57.6 Å². The smallest absolute Gasteiger partial charge is 0.315 e. The molecule has 0 spiro atoms. The largest absolute Gasteiger partial charge is 0.344 e. The van der Waals surface area contributed by atoms with Gasteiger partial charge in [0.2, 0.25) is 20.0 Å². The molecule has 2 heterocycles. The van der Waals surface area contributed by atoms with Gasteiger partial charge in [-0.3, -0.25) is 33.0 Å². The minimum absolute atomic E-state index is 0.0262. The molecule has 0 aliphatic carbocycles. The summed E-state index contributed by atoms with van der Waals surface area (Å²) in [6.07, 6.45) is 2.53. The zero-order valence-electron chi connectivity index (χ0n) is 27.6. The van der Waals surface area contributed by atoms with E-state index in [0.29, 0.717) is 0 Å². The lowest BCUT2D eigenvalue weighted by Crippen LogP contribution is -2.34. The maximum Gasteiger partial charge on any atom is 0.315 e. The van der Waals surface area contributed by atoms with Gasteiger partial charge in [0.25, 0.3) is 5.91 Å². The number of carbonyl (C=O) groups is 3. The quantitative estimate of drug-likeness (QED) is 0.142. The van der Waals surface area contributed by atoms with Crippen LogP contribution in [-0.2, 0) is 37.9 Å². The Morgan fingerprint density at radius 3 is 1.45 bits per heavy atom. The van der Waals surface area contributed by atoms with Gasteiger partial charge in [-0.15, -0.1) is 0 Å². The molecule has 2 aromatic heterocycles. The standard InChI is InChI=1S/C17H15F4N3O4S.C15H15F2N3O3S/c1-29(27,28)24(13-5-12(18)6-22-7-13)9-11-3-2-10(4-14(11)19)15(25)8-23-17(26)16(20)21;1-24(22,23)20(13-5-12(16)7-19-8-13)9-11-3-2-10(4-14(11)17)15(21)6-18/h2-7,16H,8-9H2,1H3,(H,23,26);2-5,7-8H,6,9,18H2,1H3. The molecule has 0 aliphatic heterocycles. The lowest BCUT2D eigenvalue weighted by atomic mass is 10.1. The van der Waals surface area contributed by atoms with Crippen LogP contribution in [0.2, 0.25) is 0 Å². The maximum atomic E-state index is 14.4. The van der Waals surface area contributed by atoms with Crippen LogP contribution in [0.1, 0.15) is 31.8 Å². The minimum atomic E-state index is -3.93. The van der Waals surface area contributed by atoms with Gasteiger partial charge in [0.05, 0.1) is 74.9 Å². The SMILES string of the molecule is CS(=O)(=O)N(Cc1ccc(C(=O)CN)cc1F)c1cncc(F)c1.CS(=O)(=O)N(Cc1ccc(C(=O)CNC(=O)C(F)F)cc1F)c1cncc(F)c1. The predicted octanol–water partition coefficient (Wildman–Crippen LogP) is 3.36. The molecule has 0 aliphatic rings. The number of Topliss-reactive ketones (excluding diaryl/α,β-unsaturated/α-hetero) is 2. The van der Waals surface area contributed by atoms with Crippen LogP contribution in [-0.4, -0.2) is 76.3 Å². The number of pyridine rings is 2. The van der Waals surface area contributed by atoms with E-state index in [1.807, 2.05) is 0 Å². The summed E-state index contributed by atoms with van der Waals surface area (Å²) < 4.78 is 129. The molecule has 0 radical (unpaired) electrons. The number of rotatable bonds is 14. The van der Waals surface area contributed by atoms with Crippen molar-refractivity contribution in [2.45, 2.75) is 19.5 Å². The van der Waals surface area contributed by atoms with E-state index < -0.39 is 80.3 Å². The summed E-state index contributed by atoms with van der Waals surface area (Å²) in [7, 11) is -7.74. The summed E-state index contributed by atoms with van der Waals surface area (Å²) in [4.78, 5) is 41.3. The van der Waals surface area contributed by atoms with E-state index in [1.165, 1.54) is 12.1 Å². The second-order valence-electron chi connectivity index (χ2n) is 10.9. The summed E-state index contributed by atoms with van der Waals surface area (Å²) in [5.41, 5.74) is 4.85. The van der Waals surface area contributed by atoms with E-state index in [4.69, 9.17) is 5.73 Å². The molecular weight excluding hydrogens is 759 g/mol. The first-order valence-corrected chi connectivity index (χ1v) is 18.5. The lowest BCUT2D eigenvalue weighted by Gasteiger charge is -2.22. The predicted molar refractivity (Wildman–Crippen MR) is 180 cm³/mol. The van der Waals surface area contributed by atoms with Crippen LogP contribution in [0.5, 0.6) is 0 Å². The molecule has 53 heavy (non-hydrogen) atoms. The van der Waals surface area contributed by atoms with Gasteiger partial charge in [0.15, 0.2) is 11.6 Å². The summed E-state index contributed by atoms with van der Waals surface area (Å²) in [5.74, 6) is -6.10. The number of hydrogen-bond donors (Lipinski definition) is 2. The van der Waals surface area contributed by atoms with Gasteiger partial charge in [-0.05, 0) is 12.1 Å². The minimum Gasteiger partial charge on any atom is -0.344 e. The number of anilines is 2. The van der Waals surface area contributed by atoms with E-state index in [0.717, 1.165) is 82.3 Å². The second kappa shape index (κ2) is 17.9. The highest BCUT2D eigenvalue weighted by atomic mass is 32.2. The molecule has 0 bridgehead atoms. The van der Waals surface area contributed by atoms with Crippen LogP contribution in [0.25, 0.3) is 0 Å². The Morgan fingerprint density at radius 2 is 1.11 bits per heavy atom. The molecule has 2 aromatic carbocycles. The number of amides is 1. The van der Waals surface area contributed by atoms with Crippen molar-refractivity contribution in [3.8, 4) is 0 Å². The Morgan fingerprint density at radius 1 is 0.698 bits per heavy atom. The highest BCUT2D eigenvalue weighted by molar-refractivity contribution is 7.92. The molecule has 0 unspecified atom stereocenters. The van der Waals surface area contributed by atoms with Gasteiger partial charge in [0.1, 0.15) is 23.3 Å². The van der Waals surface area contributed by atoms with Crippen molar-refractivity contribution in [3.63, 3.8) is 0 Å². The third kappa shape index (κ3) is 12.1. The molecule has 4 aromatic rings. The van der Waals surface area contributed by atoms with Crippen molar-refractivity contribution in [2.24, 2.45) is 5.73 Å². The first-order chi connectivity index (χ1) is 24.7. The van der Waals surface area contributed by atoms with Crippen molar-refractivity contribution in [1.82, 2.24) is 15.3 Å². The summed E-state index contributed by atoms with van der Waals surface area (Å²) in [5, 5.41) is 1.70. The molecular formula is C32H30F6N6O7S2.